The summed E-state index contributed by atoms with van der Waals surface area (Å²) in [6.45, 7) is 4.93. The third kappa shape index (κ3) is 3.68. The normalized spacial score (nSPS) is 16.3. The molecule has 2 aromatic carbocycles. The molecular weight excluding hydrogens is 370 g/mol. The fraction of sp³-hybridized carbons (Fsp3) is 0.318. The zero-order chi connectivity index (χ0) is 20.4. The highest BCUT2D eigenvalue weighted by Crippen LogP contribution is 2.37. The van der Waals surface area contributed by atoms with Crippen molar-refractivity contribution in [3.05, 3.63) is 53.9 Å². The predicted molar refractivity (Wildman–Crippen MR) is 108 cm³/mol. The Morgan fingerprint density at radius 2 is 2.03 bits per heavy atom. The molecule has 0 aliphatic carbocycles. The molecule has 1 fully saturated rings. The summed E-state index contributed by atoms with van der Waals surface area (Å²) >= 11 is 0. The van der Waals surface area contributed by atoms with E-state index in [1.165, 1.54) is 0 Å². The second-order valence-electron chi connectivity index (χ2n) is 6.97. The number of rotatable bonds is 6. The first-order valence-electron chi connectivity index (χ1n) is 9.61. The van der Waals surface area contributed by atoms with Gasteiger partial charge in [0.15, 0.2) is 5.82 Å². The average Bonchev–Trinajstić information content (AvgIpc) is 3.35. The Morgan fingerprint density at radius 3 is 2.83 bits per heavy atom. The van der Waals surface area contributed by atoms with E-state index in [0.717, 1.165) is 16.8 Å². The summed E-state index contributed by atoms with van der Waals surface area (Å²) in [5, 5.41) is 4.15. The Bertz CT molecular complexity index is 1030. The van der Waals surface area contributed by atoms with Crippen molar-refractivity contribution in [2.75, 3.05) is 25.2 Å². The third-order valence-corrected chi connectivity index (χ3v) is 4.97. The fourth-order valence-corrected chi connectivity index (χ4v) is 3.56. The van der Waals surface area contributed by atoms with Gasteiger partial charge in [0, 0.05) is 18.9 Å². The summed E-state index contributed by atoms with van der Waals surface area (Å²) in [4.78, 5) is 19.0. The lowest BCUT2D eigenvalue weighted by Crippen LogP contribution is -2.25. The maximum absolute atomic E-state index is 12.7. The lowest BCUT2D eigenvalue weighted by atomic mass is 10.1. The number of para-hydroxylation sites is 1. The first-order valence-corrected chi connectivity index (χ1v) is 9.61. The molecule has 1 unspecified atom stereocenters. The number of benzene rings is 2. The van der Waals surface area contributed by atoms with Crippen molar-refractivity contribution in [3.8, 4) is 23.0 Å². The van der Waals surface area contributed by atoms with Crippen LogP contribution < -0.4 is 14.4 Å². The van der Waals surface area contributed by atoms with Gasteiger partial charge in [-0.25, -0.2) is 0 Å². The molecule has 1 saturated heterocycles. The van der Waals surface area contributed by atoms with Gasteiger partial charge in [0.1, 0.15) is 11.5 Å². The Kier molecular flexibility index (Phi) is 5.20. The number of nitrogens with zero attached hydrogens (tertiary/aromatic N) is 3. The highest BCUT2D eigenvalue weighted by Gasteiger charge is 2.36. The first kappa shape index (κ1) is 19.0. The number of hydrogen-bond acceptors (Lipinski definition) is 6. The molecule has 29 heavy (non-hydrogen) atoms. The third-order valence-electron chi connectivity index (χ3n) is 4.97. The molecule has 2 heterocycles. The molecule has 1 amide bonds. The van der Waals surface area contributed by atoms with E-state index in [4.69, 9.17) is 14.0 Å². The fourth-order valence-electron chi connectivity index (χ4n) is 3.56. The van der Waals surface area contributed by atoms with Crippen molar-refractivity contribution in [3.63, 3.8) is 0 Å². The topological polar surface area (TPSA) is 77.7 Å². The zero-order valence-electron chi connectivity index (χ0n) is 16.7. The van der Waals surface area contributed by atoms with Crippen molar-refractivity contribution in [2.24, 2.45) is 0 Å². The molecule has 4 rings (SSSR count). The van der Waals surface area contributed by atoms with Crippen LogP contribution >= 0.6 is 0 Å². The van der Waals surface area contributed by atoms with Gasteiger partial charge < -0.3 is 18.9 Å². The van der Waals surface area contributed by atoms with Crippen molar-refractivity contribution in [1.29, 1.82) is 0 Å². The number of hydrogen-bond donors (Lipinski definition) is 0. The van der Waals surface area contributed by atoms with Crippen LogP contribution in [0.15, 0.2) is 47.0 Å². The molecule has 0 spiro atoms. The smallest absolute Gasteiger partial charge is 0.261 e. The van der Waals surface area contributed by atoms with E-state index in [0.29, 0.717) is 42.8 Å². The molecule has 7 nitrogen and oxygen atoms in total. The van der Waals surface area contributed by atoms with E-state index in [2.05, 4.69) is 10.1 Å². The van der Waals surface area contributed by atoms with Gasteiger partial charge in [0.05, 0.1) is 25.0 Å². The molecule has 0 saturated carbocycles. The predicted octanol–water partition coefficient (Wildman–Crippen LogP) is 3.97. The van der Waals surface area contributed by atoms with Gasteiger partial charge in [0.2, 0.25) is 5.91 Å². The minimum atomic E-state index is -0.149. The van der Waals surface area contributed by atoms with Crippen molar-refractivity contribution < 1.29 is 18.8 Å². The lowest BCUT2D eigenvalue weighted by molar-refractivity contribution is -0.117. The van der Waals surface area contributed by atoms with E-state index < -0.39 is 0 Å². The van der Waals surface area contributed by atoms with E-state index in [-0.39, 0.29) is 11.8 Å². The Labute approximate surface area is 169 Å². The Balaban J connectivity index is 1.59. The number of aromatic nitrogens is 2. The standard InChI is InChI=1S/C22H23N3O4/c1-4-28-18-8-6-5-7-16(18)22-23-21(24-29-22)15-12-20(26)25(13-15)17-11-14(2)9-10-19(17)27-3/h5-11,15H,4,12-13H2,1-3H3. The van der Waals surface area contributed by atoms with Crippen LogP contribution in [0, 0.1) is 6.92 Å². The van der Waals surface area contributed by atoms with Gasteiger partial charge in [-0.1, -0.05) is 23.4 Å². The molecule has 1 aliphatic rings. The van der Waals surface area contributed by atoms with Crippen LogP contribution in [0.2, 0.25) is 0 Å². The van der Waals surface area contributed by atoms with Crippen LogP contribution in [0.25, 0.3) is 11.5 Å². The molecule has 7 heteroatoms. The number of carbonyl (C=O) groups is 1. The number of amides is 1. The molecule has 0 bridgehead atoms. The monoisotopic (exact) mass is 393 g/mol. The van der Waals surface area contributed by atoms with Gasteiger partial charge in [0.25, 0.3) is 5.89 Å². The molecule has 0 radical (unpaired) electrons. The number of ether oxygens (including phenoxy) is 2. The van der Waals surface area contributed by atoms with Crippen molar-refractivity contribution >= 4 is 11.6 Å². The van der Waals surface area contributed by atoms with Gasteiger partial charge in [-0.05, 0) is 43.7 Å². The van der Waals surface area contributed by atoms with Gasteiger partial charge in [-0.3, -0.25) is 4.79 Å². The maximum atomic E-state index is 12.7. The summed E-state index contributed by atoms with van der Waals surface area (Å²) in [7, 11) is 1.60. The van der Waals surface area contributed by atoms with Crippen molar-refractivity contribution in [1.82, 2.24) is 10.1 Å². The van der Waals surface area contributed by atoms with Crippen LogP contribution in [0.5, 0.6) is 11.5 Å². The first-order chi connectivity index (χ1) is 14.1. The minimum Gasteiger partial charge on any atom is -0.495 e. The van der Waals surface area contributed by atoms with Crippen LogP contribution in [0.1, 0.15) is 30.7 Å². The quantitative estimate of drug-likeness (QED) is 0.631. The number of anilines is 1. The summed E-state index contributed by atoms with van der Waals surface area (Å²) in [5.74, 6) is 2.14. The summed E-state index contributed by atoms with van der Waals surface area (Å²) in [6.07, 6.45) is 0.323. The van der Waals surface area contributed by atoms with E-state index >= 15 is 0 Å². The molecule has 1 aromatic heterocycles. The Hall–Kier alpha value is -3.35. The second kappa shape index (κ2) is 7.95. The van der Waals surface area contributed by atoms with Crippen molar-refractivity contribution in [2.45, 2.75) is 26.2 Å². The average molecular weight is 393 g/mol. The van der Waals surface area contributed by atoms with E-state index in [9.17, 15) is 4.79 Å². The highest BCUT2D eigenvalue weighted by molar-refractivity contribution is 5.97. The number of aryl methyl sites for hydroxylation is 1. The second-order valence-corrected chi connectivity index (χ2v) is 6.97. The lowest BCUT2D eigenvalue weighted by Gasteiger charge is -2.19. The van der Waals surface area contributed by atoms with Crippen LogP contribution in [0.3, 0.4) is 0 Å². The van der Waals surface area contributed by atoms with E-state index in [1.54, 1.807) is 12.0 Å². The van der Waals surface area contributed by atoms with Gasteiger partial charge in [-0.2, -0.15) is 4.98 Å². The summed E-state index contributed by atoms with van der Waals surface area (Å²) < 4.78 is 16.6. The van der Waals surface area contributed by atoms with Crippen LogP contribution in [-0.2, 0) is 4.79 Å². The van der Waals surface area contributed by atoms with Gasteiger partial charge >= 0.3 is 0 Å². The molecule has 150 valence electrons. The maximum Gasteiger partial charge on any atom is 0.261 e. The van der Waals surface area contributed by atoms with E-state index in [1.807, 2.05) is 56.3 Å². The van der Waals surface area contributed by atoms with Gasteiger partial charge in [-0.15, -0.1) is 0 Å². The molecular formula is C22H23N3O4. The molecule has 3 aromatic rings. The summed E-state index contributed by atoms with van der Waals surface area (Å²) in [5.41, 5.74) is 2.58. The SMILES string of the molecule is CCOc1ccccc1-c1nc(C2CC(=O)N(c3cc(C)ccc3OC)C2)no1. The molecule has 0 N–H and O–H groups in total. The Morgan fingerprint density at radius 1 is 1.21 bits per heavy atom. The number of carbonyl (C=O) groups excluding carboxylic acids is 1. The number of methoxy groups -OCH3 is 1. The van der Waals surface area contributed by atoms with Crippen LogP contribution in [0.4, 0.5) is 5.69 Å². The largest absolute Gasteiger partial charge is 0.495 e. The van der Waals surface area contributed by atoms with Crippen LogP contribution in [-0.4, -0.2) is 36.3 Å². The molecule has 1 aliphatic heterocycles. The highest BCUT2D eigenvalue weighted by atomic mass is 16.5. The molecule has 1 atom stereocenters. The minimum absolute atomic E-state index is 0.0139. The zero-order valence-corrected chi connectivity index (χ0v) is 16.7. The summed E-state index contributed by atoms with van der Waals surface area (Å²) in [6, 6.07) is 13.3.